The highest BCUT2D eigenvalue weighted by Gasteiger charge is 2.24. The number of ether oxygens (including phenoxy) is 1. The van der Waals surface area contributed by atoms with E-state index in [1.54, 1.807) is 12.0 Å². The van der Waals surface area contributed by atoms with Gasteiger partial charge in [0.15, 0.2) is 0 Å². The molecule has 1 aromatic carbocycles. The van der Waals surface area contributed by atoms with Crippen molar-refractivity contribution in [3.63, 3.8) is 0 Å². The number of fused-ring (bicyclic) bond motifs is 1. The number of hydrogen-bond donors (Lipinski definition) is 0. The first kappa shape index (κ1) is 11.0. The summed E-state index contributed by atoms with van der Waals surface area (Å²) >= 11 is 0. The first-order valence-electron chi connectivity index (χ1n) is 5.63. The van der Waals surface area contributed by atoms with Gasteiger partial charge in [-0.2, -0.15) is 0 Å². The van der Waals surface area contributed by atoms with Gasteiger partial charge in [0.05, 0.1) is 12.8 Å². The Hall–Kier alpha value is -1.51. The molecular formula is C13H17NO2. The number of carbonyl (C=O) groups excluding carboxylic acids is 1. The second kappa shape index (κ2) is 4.16. The van der Waals surface area contributed by atoms with Gasteiger partial charge in [-0.1, -0.05) is 6.92 Å². The molecule has 0 saturated heterocycles. The topological polar surface area (TPSA) is 29.5 Å². The monoisotopic (exact) mass is 219 g/mol. The molecule has 0 bridgehead atoms. The Morgan fingerprint density at radius 1 is 1.38 bits per heavy atom. The molecule has 2 rings (SSSR count). The van der Waals surface area contributed by atoms with E-state index in [9.17, 15) is 4.79 Å². The lowest BCUT2D eigenvalue weighted by atomic mass is 9.97. The molecule has 0 atom stereocenters. The summed E-state index contributed by atoms with van der Waals surface area (Å²) in [5.41, 5.74) is 3.37. The Morgan fingerprint density at radius 2 is 2.12 bits per heavy atom. The molecule has 1 aliphatic rings. The lowest BCUT2D eigenvalue weighted by molar-refractivity contribution is -0.118. The average Bonchev–Trinajstić information content (AvgIpc) is 2.32. The van der Waals surface area contributed by atoms with Gasteiger partial charge in [0.25, 0.3) is 0 Å². The van der Waals surface area contributed by atoms with Crippen molar-refractivity contribution in [2.45, 2.75) is 26.2 Å². The Kier molecular flexibility index (Phi) is 2.86. The maximum Gasteiger partial charge on any atom is 0.227 e. The lowest BCUT2D eigenvalue weighted by Gasteiger charge is -2.27. The minimum Gasteiger partial charge on any atom is -0.496 e. The minimum absolute atomic E-state index is 0.183. The van der Waals surface area contributed by atoms with E-state index in [4.69, 9.17) is 4.74 Å². The Morgan fingerprint density at radius 3 is 2.75 bits per heavy atom. The van der Waals surface area contributed by atoms with Crippen molar-refractivity contribution in [2.24, 2.45) is 0 Å². The van der Waals surface area contributed by atoms with Crippen LogP contribution in [0.3, 0.4) is 0 Å². The molecule has 16 heavy (non-hydrogen) atoms. The number of methoxy groups -OCH3 is 1. The van der Waals surface area contributed by atoms with E-state index in [1.165, 1.54) is 5.56 Å². The summed E-state index contributed by atoms with van der Waals surface area (Å²) in [4.78, 5) is 13.4. The van der Waals surface area contributed by atoms with Gasteiger partial charge in [0.2, 0.25) is 5.91 Å². The molecule has 0 aromatic heterocycles. The molecule has 0 radical (unpaired) electrons. The highest BCUT2D eigenvalue weighted by Crippen LogP contribution is 2.35. The zero-order valence-corrected chi connectivity index (χ0v) is 10.0. The summed E-state index contributed by atoms with van der Waals surface area (Å²) in [5, 5.41) is 0. The van der Waals surface area contributed by atoms with Crippen LogP contribution >= 0.6 is 0 Å². The number of aryl methyl sites for hydroxylation is 1. The predicted molar refractivity (Wildman–Crippen MR) is 64.1 cm³/mol. The molecule has 1 aliphatic heterocycles. The molecule has 1 amide bonds. The van der Waals surface area contributed by atoms with Crippen LogP contribution in [0.2, 0.25) is 0 Å². The fraction of sp³-hybridized carbons (Fsp3) is 0.462. The summed E-state index contributed by atoms with van der Waals surface area (Å²) in [6.45, 7) is 2.10. The predicted octanol–water partition coefficient (Wildman–Crippen LogP) is 2.17. The van der Waals surface area contributed by atoms with Crippen LogP contribution in [0.25, 0.3) is 0 Å². The van der Waals surface area contributed by atoms with Crippen molar-refractivity contribution >= 4 is 11.6 Å². The summed E-state index contributed by atoms with van der Waals surface area (Å²) in [6, 6.07) is 4.16. The van der Waals surface area contributed by atoms with E-state index in [-0.39, 0.29) is 5.91 Å². The van der Waals surface area contributed by atoms with Crippen LogP contribution in [0.15, 0.2) is 12.1 Å². The average molecular weight is 219 g/mol. The zero-order chi connectivity index (χ0) is 11.7. The number of anilines is 1. The van der Waals surface area contributed by atoms with Crippen LogP contribution in [-0.2, 0) is 17.6 Å². The third kappa shape index (κ3) is 1.66. The molecule has 0 spiro atoms. The Balaban J connectivity index is 2.56. The highest BCUT2D eigenvalue weighted by molar-refractivity contribution is 5.96. The number of carbonyl (C=O) groups is 1. The molecule has 0 unspecified atom stereocenters. The van der Waals surface area contributed by atoms with Crippen LogP contribution in [0, 0.1) is 0 Å². The Labute approximate surface area is 96.0 Å². The van der Waals surface area contributed by atoms with Crippen LogP contribution in [0.5, 0.6) is 5.75 Å². The SMILES string of the molecule is CCc1cc(OC)c2c(c1)N(C)C(=O)CC2. The third-order valence-corrected chi connectivity index (χ3v) is 3.20. The maximum atomic E-state index is 11.6. The zero-order valence-electron chi connectivity index (χ0n) is 10.0. The normalized spacial score (nSPS) is 14.9. The second-order valence-corrected chi connectivity index (χ2v) is 4.10. The number of benzene rings is 1. The molecule has 86 valence electrons. The maximum absolute atomic E-state index is 11.6. The highest BCUT2D eigenvalue weighted by atomic mass is 16.5. The van der Waals surface area contributed by atoms with E-state index in [2.05, 4.69) is 19.1 Å². The van der Waals surface area contributed by atoms with E-state index in [1.807, 2.05) is 7.05 Å². The van der Waals surface area contributed by atoms with Gasteiger partial charge in [-0.3, -0.25) is 4.79 Å². The number of nitrogens with zero attached hydrogens (tertiary/aromatic N) is 1. The van der Waals surface area contributed by atoms with Crippen molar-refractivity contribution in [3.8, 4) is 5.75 Å². The lowest BCUT2D eigenvalue weighted by Crippen LogP contribution is -2.31. The van der Waals surface area contributed by atoms with Gasteiger partial charge in [-0.15, -0.1) is 0 Å². The number of rotatable bonds is 2. The standard InChI is InChI=1S/C13H17NO2/c1-4-9-7-11-10(12(8-9)16-3)5-6-13(15)14(11)2/h7-8H,4-6H2,1-3H3. The van der Waals surface area contributed by atoms with Gasteiger partial charge >= 0.3 is 0 Å². The number of amides is 1. The molecular weight excluding hydrogens is 202 g/mol. The summed E-state index contributed by atoms with van der Waals surface area (Å²) in [6.07, 6.45) is 2.31. The van der Waals surface area contributed by atoms with Gasteiger partial charge in [0, 0.05) is 19.0 Å². The van der Waals surface area contributed by atoms with Crippen LogP contribution < -0.4 is 9.64 Å². The van der Waals surface area contributed by atoms with E-state index in [0.717, 1.165) is 29.8 Å². The first-order valence-corrected chi connectivity index (χ1v) is 5.63. The van der Waals surface area contributed by atoms with Gasteiger partial charge < -0.3 is 9.64 Å². The second-order valence-electron chi connectivity index (χ2n) is 4.10. The fourth-order valence-corrected chi connectivity index (χ4v) is 2.16. The van der Waals surface area contributed by atoms with Crippen LogP contribution in [0.4, 0.5) is 5.69 Å². The van der Waals surface area contributed by atoms with Gasteiger partial charge in [-0.05, 0) is 30.5 Å². The van der Waals surface area contributed by atoms with E-state index in [0.29, 0.717) is 6.42 Å². The largest absolute Gasteiger partial charge is 0.496 e. The molecule has 0 aliphatic carbocycles. The van der Waals surface area contributed by atoms with Gasteiger partial charge in [-0.25, -0.2) is 0 Å². The van der Waals surface area contributed by atoms with Crippen LogP contribution in [-0.4, -0.2) is 20.1 Å². The van der Waals surface area contributed by atoms with Crippen LogP contribution in [0.1, 0.15) is 24.5 Å². The molecule has 0 fully saturated rings. The Bertz CT molecular complexity index is 426. The van der Waals surface area contributed by atoms with E-state index >= 15 is 0 Å². The molecule has 0 N–H and O–H groups in total. The van der Waals surface area contributed by atoms with Crippen molar-refractivity contribution < 1.29 is 9.53 Å². The molecule has 3 nitrogen and oxygen atoms in total. The number of hydrogen-bond acceptors (Lipinski definition) is 2. The van der Waals surface area contributed by atoms with Crippen molar-refractivity contribution in [3.05, 3.63) is 23.3 Å². The van der Waals surface area contributed by atoms with E-state index < -0.39 is 0 Å². The fourth-order valence-electron chi connectivity index (χ4n) is 2.16. The van der Waals surface area contributed by atoms with Crippen molar-refractivity contribution in [1.29, 1.82) is 0 Å². The molecule has 1 heterocycles. The smallest absolute Gasteiger partial charge is 0.227 e. The quantitative estimate of drug-likeness (QED) is 0.763. The van der Waals surface area contributed by atoms with Gasteiger partial charge in [0.1, 0.15) is 5.75 Å². The third-order valence-electron chi connectivity index (χ3n) is 3.20. The first-order chi connectivity index (χ1) is 7.67. The molecule has 3 heteroatoms. The van der Waals surface area contributed by atoms with Crippen molar-refractivity contribution in [1.82, 2.24) is 0 Å². The molecule has 0 saturated carbocycles. The minimum atomic E-state index is 0.183. The summed E-state index contributed by atoms with van der Waals surface area (Å²) < 4.78 is 5.40. The summed E-state index contributed by atoms with van der Waals surface area (Å²) in [7, 11) is 3.52. The molecule has 1 aromatic rings. The van der Waals surface area contributed by atoms with Crippen molar-refractivity contribution in [2.75, 3.05) is 19.1 Å². The summed E-state index contributed by atoms with van der Waals surface area (Å²) in [5.74, 6) is 1.09.